The normalized spacial score (nSPS) is 15.1. The minimum Gasteiger partial charge on any atom is -0.497 e. The van der Waals surface area contributed by atoms with E-state index in [0.29, 0.717) is 24.6 Å². The molecule has 1 aliphatic rings. The predicted octanol–water partition coefficient (Wildman–Crippen LogP) is 2.47. The minimum atomic E-state index is -0.310. The van der Waals surface area contributed by atoms with Crippen LogP contribution in [0.15, 0.2) is 24.3 Å². The number of urea groups is 1. The number of hydrogen-bond donors (Lipinski definition) is 2. The van der Waals surface area contributed by atoms with Gasteiger partial charge in [-0.15, -0.1) is 0 Å². The second kappa shape index (κ2) is 8.41. The van der Waals surface area contributed by atoms with Crippen molar-refractivity contribution in [3.8, 4) is 5.75 Å². The lowest BCUT2D eigenvalue weighted by Crippen LogP contribution is -2.40. The van der Waals surface area contributed by atoms with Crippen molar-refractivity contribution in [1.29, 1.82) is 0 Å². The summed E-state index contributed by atoms with van der Waals surface area (Å²) in [5.41, 5.74) is 0.680. The number of anilines is 1. The van der Waals surface area contributed by atoms with Gasteiger partial charge in [-0.05, 0) is 43.0 Å². The molecule has 0 unspecified atom stereocenters. The van der Waals surface area contributed by atoms with Crippen molar-refractivity contribution in [2.45, 2.75) is 26.2 Å². The van der Waals surface area contributed by atoms with Crippen molar-refractivity contribution >= 4 is 17.6 Å². The van der Waals surface area contributed by atoms with Crippen LogP contribution in [-0.2, 0) is 4.79 Å². The van der Waals surface area contributed by atoms with E-state index in [-0.39, 0.29) is 11.9 Å². The Morgan fingerprint density at radius 3 is 2.48 bits per heavy atom. The molecule has 1 aliphatic heterocycles. The van der Waals surface area contributed by atoms with E-state index in [1.165, 1.54) is 0 Å². The first-order valence-corrected chi connectivity index (χ1v) is 8.05. The topological polar surface area (TPSA) is 70.7 Å². The van der Waals surface area contributed by atoms with Crippen LogP contribution in [0, 0.1) is 5.92 Å². The molecular formula is C17H25N3O3. The van der Waals surface area contributed by atoms with E-state index in [1.54, 1.807) is 31.4 Å². The summed E-state index contributed by atoms with van der Waals surface area (Å²) in [5, 5.41) is 5.43. The van der Waals surface area contributed by atoms with E-state index in [0.717, 1.165) is 31.7 Å². The van der Waals surface area contributed by atoms with Gasteiger partial charge in [0.25, 0.3) is 0 Å². The Kier molecular flexibility index (Phi) is 6.26. The summed E-state index contributed by atoms with van der Waals surface area (Å²) in [6, 6.07) is 6.76. The number of amides is 3. The molecule has 0 atom stereocenters. The van der Waals surface area contributed by atoms with Gasteiger partial charge in [0, 0.05) is 31.7 Å². The van der Waals surface area contributed by atoms with Gasteiger partial charge in [0.2, 0.25) is 5.91 Å². The van der Waals surface area contributed by atoms with Gasteiger partial charge in [0.1, 0.15) is 5.75 Å². The van der Waals surface area contributed by atoms with Gasteiger partial charge in [-0.25, -0.2) is 4.79 Å². The zero-order chi connectivity index (χ0) is 16.7. The van der Waals surface area contributed by atoms with Gasteiger partial charge >= 0.3 is 6.03 Å². The van der Waals surface area contributed by atoms with E-state index in [4.69, 9.17) is 4.74 Å². The molecule has 6 nitrogen and oxygen atoms in total. The lowest BCUT2D eigenvalue weighted by Gasteiger charge is -2.30. The third-order valence-corrected chi connectivity index (χ3v) is 4.11. The summed E-state index contributed by atoms with van der Waals surface area (Å²) in [7, 11) is 1.59. The summed E-state index contributed by atoms with van der Waals surface area (Å²) < 4.78 is 5.06. The SMILES string of the molecule is COc1ccc(NC(=O)NCCC(=O)N2CCC(C)CC2)cc1. The van der Waals surface area contributed by atoms with Crippen LogP contribution in [-0.4, -0.2) is 43.6 Å². The van der Waals surface area contributed by atoms with Crippen LogP contribution >= 0.6 is 0 Å². The second-order valence-electron chi connectivity index (χ2n) is 5.92. The van der Waals surface area contributed by atoms with E-state index in [1.807, 2.05) is 4.90 Å². The number of nitrogens with zero attached hydrogens (tertiary/aromatic N) is 1. The summed E-state index contributed by atoms with van der Waals surface area (Å²) in [5.74, 6) is 1.55. The lowest BCUT2D eigenvalue weighted by atomic mass is 9.99. The van der Waals surface area contributed by atoms with Crippen LogP contribution in [0.2, 0.25) is 0 Å². The van der Waals surface area contributed by atoms with Gasteiger partial charge in [-0.2, -0.15) is 0 Å². The summed E-state index contributed by atoms with van der Waals surface area (Å²) in [4.78, 5) is 25.7. The van der Waals surface area contributed by atoms with Crippen molar-refractivity contribution in [3.05, 3.63) is 24.3 Å². The van der Waals surface area contributed by atoms with Crippen LogP contribution in [0.4, 0.5) is 10.5 Å². The van der Waals surface area contributed by atoms with Crippen LogP contribution in [0.25, 0.3) is 0 Å². The molecule has 1 heterocycles. The zero-order valence-electron chi connectivity index (χ0n) is 13.8. The Bertz CT molecular complexity index is 522. The van der Waals surface area contributed by atoms with E-state index in [9.17, 15) is 9.59 Å². The number of likely N-dealkylation sites (tertiary alicyclic amines) is 1. The molecular weight excluding hydrogens is 294 g/mol. The maximum atomic E-state index is 12.1. The first kappa shape index (κ1) is 17.1. The number of piperidine rings is 1. The number of nitrogens with one attached hydrogen (secondary N) is 2. The quantitative estimate of drug-likeness (QED) is 0.876. The summed E-state index contributed by atoms with van der Waals surface area (Å²) in [6.07, 6.45) is 2.47. The Labute approximate surface area is 137 Å². The first-order valence-electron chi connectivity index (χ1n) is 8.05. The molecule has 0 spiro atoms. The Hall–Kier alpha value is -2.24. The molecule has 0 saturated carbocycles. The van der Waals surface area contributed by atoms with Gasteiger partial charge < -0.3 is 20.3 Å². The number of carbonyl (C=O) groups excluding carboxylic acids is 2. The fourth-order valence-electron chi connectivity index (χ4n) is 2.55. The molecule has 23 heavy (non-hydrogen) atoms. The van der Waals surface area contributed by atoms with Crippen LogP contribution in [0.3, 0.4) is 0 Å². The molecule has 0 aromatic heterocycles. The maximum Gasteiger partial charge on any atom is 0.319 e. The average molecular weight is 319 g/mol. The number of rotatable bonds is 5. The molecule has 0 radical (unpaired) electrons. The molecule has 0 bridgehead atoms. The first-order chi connectivity index (χ1) is 11.1. The highest BCUT2D eigenvalue weighted by Gasteiger charge is 2.19. The Balaban J connectivity index is 1.66. The predicted molar refractivity (Wildman–Crippen MR) is 89.6 cm³/mol. The zero-order valence-corrected chi connectivity index (χ0v) is 13.8. The third kappa shape index (κ3) is 5.47. The molecule has 0 aliphatic carbocycles. The second-order valence-corrected chi connectivity index (χ2v) is 5.92. The summed E-state index contributed by atoms with van der Waals surface area (Å²) in [6.45, 7) is 4.22. The largest absolute Gasteiger partial charge is 0.497 e. The highest BCUT2D eigenvalue weighted by atomic mass is 16.5. The minimum absolute atomic E-state index is 0.113. The molecule has 1 saturated heterocycles. The van der Waals surface area contributed by atoms with E-state index in [2.05, 4.69) is 17.6 Å². The molecule has 1 fully saturated rings. The highest BCUT2D eigenvalue weighted by Crippen LogP contribution is 2.16. The van der Waals surface area contributed by atoms with E-state index < -0.39 is 0 Å². The maximum absolute atomic E-state index is 12.1. The molecule has 1 aromatic rings. The van der Waals surface area contributed by atoms with Crippen molar-refractivity contribution in [1.82, 2.24) is 10.2 Å². The Morgan fingerprint density at radius 2 is 1.87 bits per heavy atom. The van der Waals surface area contributed by atoms with Crippen molar-refractivity contribution < 1.29 is 14.3 Å². The highest BCUT2D eigenvalue weighted by molar-refractivity contribution is 5.89. The summed E-state index contributed by atoms with van der Waals surface area (Å²) >= 11 is 0. The van der Waals surface area contributed by atoms with Crippen molar-refractivity contribution in [2.75, 3.05) is 32.1 Å². The standard InChI is InChI=1S/C17H25N3O3/c1-13-8-11-20(12-9-13)16(21)7-10-18-17(22)19-14-3-5-15(23-2)6-4-14/h3-6,13H,7-12H2,1-2H3,(H2,18,19,22). The lowest BCUT2D eigenvalue weighted by molar-refractivity contribution is -0.132. The van der Waals surface area contributed by atoms with Gasteiger partial charge in [-0.3, -0.25) is 4.79 Å². The molecule has 3 amide bonds. The fraction of sp³-hybridized carbons (Fsp3) is 0.529. The van der Waals surface area contributed by atoms with Gasteiger partial charge in [-0.1, -0.05) is 6.92 Å². The fourth-order valence-corrected chi connectivity index (χ4v) is 2.55. The molecule has 126 valence electrons. The Morgan fingerprint density at radius 1 is 1.22 bits per heavy atom. The molecule has 1 aromatic carbocycles. The van der Waals surface area contributed by atoms with Crippen LogP contribution < -0.4 is 15.4 Å². The van der Waals surface area contributed by atoms with Gasteiger partial charge in [0.15, 0.2) is 0 Å². The molecule has 2 N–H and O–H groups in total. The average Bonchev–Trinajstić information content (AvgIpc) is 2.56. The number of methoxy groups -OCH3 is 1. The molecule has 2 rings (SSSR count). The third-order valence-electron chi connectivity index (χ3n) is 4.11. The number of carbonyl (C=O) groups is 2. The number of hydrogen-bond acceptors (Lipinski definition) is 3. The van der Waals surface area contributed by atoms with Crippen molar-refractivity contribution in [3.63, 3.8) is 0 Å². The van der Waals surface area contributed by atoms with Crippen LogP contribution in [0.1, 0.15) is 26.2 Å². The molecule has 6 heteroatoms. The van der Waals surface area contributed by atoms with Gasteiger partial charge in [0.05, 0.1) is 7.11 Å². The number of ether oxygens (including phenoxy) is 1. The number of benzene rings is 1. The van der Waals surface area contributed by atoms with Crippen LogP contribution in [0.5, 0.6) is 5.75 Å². The van der Waals surface area contributed by atoms with Crippen molar-refractivity contribution in [2.24, 2.45) is 5.92 Å². The smallest absolute Gasteiger partial charge is 0.319 e. The van der Waals surface area contributed by atoms with E-state index >= 15 is 0 Å². The monoisotopic (exact) mass is 319 g/mol.